The molecule has 0 aromatic carbocycles. The van der Waals surface area contributed by atoms with Crippen LogP contribution in [0.3, 0.4) is 0 Å². The first-order valence-electron chi connectivity index (χ1n) is 6.05. The Kier molecular flexibility index (Phi) is 4.35. The number of aromatic nitrogens is 2. The maximum absolute atomic E-state index is 11.3. The van der Waals surface area contributed by atoms with Gasteiger partial charge in [0.05, 0.1) is 25.8 Å². The van der Waals surface area contributed by atoms with Crippen molar-refractivity contribution >= 4 is 5.97 Å². The number of carbonyl (C=O) groups excluding carboxylic acids is 1. The van der Waals surface area contributed by atoms with E-state index in [1.807, 2.05) is 16.9 Å². The molecule has 2 aromatic rings. The number of nitrogens with zero attached hydrogens (tertiary/aromatic N) is 2. The fourth-order valence-corrected chi connectivity index (χ4v) is 1.73. The summed E-state index contributed by atoms with van der Waals surface area (Å²) in [6.07, 6.45) is 5.07. The maximum atomic E-state index is 11.3. The third-order valence-electron chi connectivity index (χ3n) is 2.72. The van der Waals surface area contributed by atoms with Crippen molar-refractivity contribution in [1.29, 1.82) is 0 Å². The summed E-state index contributed by atoms with van der Waals surface area (Å²) in [7, 11) is 1.35. The molecule has 0 radical (unpaired) electrons. The smallest absolute Gasteiger partial charge is 0.341 e. The lowest BCUT2D eigenvalue weighted by molar-refractivity contribution is 0.0600. The van der Waals surface area contributed by atoms with Crippen LogP contribution in [0.4, 0.5) is 0 Å². The average Bonchev–Trinajstić information content (AvgIpc) is 3.06. The highest BCUT2D eigenvalue weighted by atomic mass is 16.5. The lowest BCUT2D eigenvalue weighted by atomic mass is 10.3. The van der Waals surface area contributed by atoms with E-state index in [2.05, 4.69) is 22.1 Å². The van der Waals surface area contributed by atoms with Crippen molar-refractivity contribution in [3.63, 3.8) is 0 Å². The number of hydrogen-bond acceptors (Lipinski definition) is 5. The molecular formula is C13H17N3O3. The van der Waals surface area contributed by atoms with Gasteiger partial charge in [0.1, 0.15) is 12.0 Å². The molecule has 2 heterocycles. The predicted molar refractivity (Wildman–Crippen MR) is 68.6 cm³/mol. The SMILES string of the molecule is COC(=O)c1coc(CNC(C)Cn2cccn2)c1. The molecular weight excluding hydrogens is 246 g/mol. The topological polar surface area (TPSA) is 69.3 Å². The number of carbonyl (C=O) groups is 1. The standard InChI is InChI=1S/C13H17N3O3/c1-10(8-16-5-3-4-15-16)14-7-12-6-11(9-19-12)13(17)18-2/h3-6,9-10,14H,7-8H2,1-2H3. The van der Waals surface area contributed by atoms with E-state index in [0.29, 0.717) is 17.9 Å². The summed E-state index contributed by atoms with van der Waals surface area (Å²) >= 11 is 0. The molecule has 1 unspecified atom stereocenters. The fourth-order valence-electron chi connectivity index (χ4n) is 1.73. The molecule has 0 amide bonds. The Morgan fingerprint density at radius 2 is 2.47 bits per heavy atom. The number of nitrogens with one attached hydrogen (secondary N) is 1. The number of rotatable bonds is 6. The number of esters is 1. The number of hydrogen-bond donors (Lipinski definition) is 1. The van der Waals surface area contributed by atoms with Crippen LogP contribution in [0.15, 0.2) is 35.2 Å². The summed E-state index contributed by atoms with van der Waals surface area (Å²) in [5, 5.41) is 7.44. The van der Waals surface area contributed by atoms with E-state index >= 15 is 0 Å². The van der Waals surface area contributed by atoms with Gasteiger partial charge in [0, 0.05) is 18.4 Å². The molecule has 0 aliphatic heterocycles. The highest BCUT2D eigenvalue weighted by molar-refractivity contribution is 5.88. The largest absolute Gasteiger partial charge is 0.467 e. The molecule has 1 N–H and O–H groups in total. The first-order valence-corrected chi connectivity index (χ1v) is 6.05. The first kappa shape index (κ1) is 13.4. The van der Waals surface area contributed by atoms with Crippen molar-refractivity contribution in [3.8, 4) is 0 Å². The zero-order chi connectivity index (χ0) is 13.7. The summed E-state index contributed by atoms with van der Waals surface area (Å²) in [5.41, 5.74) is 0.430. The molecule has 2 rings (SSSR count). The molecule has 0 spiro atoms. The second kappa shape index (κ2) is 6.19. The number of methoxy groups -OCH3 is 1. The van der Waals surface area contributed by atoms with E-state index in [-0.39, 0.29) is 12.0 Å². The van der Waals surface area contributed by atoms with Crippen LogP contribution in [0.5, 0.6) is 0 Å². The Morgan fingerprint density at radius 3 is 3.16 bits per heavy atom. The fraction of sp³-hybridized carbons (Fsp3) is 0.385. The quantitative estimate of drug-likeness (QED) is 0.799. The van der Waals surface area contributed by atoms with Crippen LogP contribution >= 0.6 is 0 Å². The Labute approximate surface area is 111 Å². The summed E-state index contributed by atoms with van der Waals surface area (Å²) < 4.78 is 11.8. The second-order valence-electron chi connectivity index (χ2n) is 4.30. The summed E-state index contributed by atoms with van der Waals surface area (Å²) in [4.78, 5) is 11.3. The molecule has 0 fully saturated rings. The van der Waals surface area contributed by atoms with E-state index in [9.17, 15) is 4.79 Å². The van der Waals surface area contributed by atoms with Crippen molar-refractivity contribution in [3.05, 3.63) is 42.1 Å². The minimum absolute atomic E-state index is 0.242. The van der Waals surface area contributed by atoms with Gasteiger partial charge in [-0.3, -0.25) is 4.68 Å². The molecule has 6 nitrogen and oxygen atoms in total. The van der Waals surface area contributed by atoms with E-state index in [0.717, 1.165) is 6.54 Å². The summed E-state index contributed by atoms with van der Waals surface area (Å²) in [6, 6.07) is 3.81. The Balaban J connectivity index is 1.81. The van der Waals surface area contributed by atoms with E-state index < -0.39 is 0 Å². The van der Waals surface area contributed by atoms with Gasteiger partial charge in [-0.2, -0.15) is 5.10 Å². The third kappa shape index (κ3) is 3.69. The van der Waals surface area contributed by atoms with Crippen LogP contribution in [-0.4, -0.2) is 28.9 Å². The number of ether oxygens (including phenoxy) is 1. The van der Waals surface area contributed by atoms with Gasteiger partial charge in [0.25, 0.3) is 0 Å². The van der Waals surface area contributed by atoms with E-state index in [1.54, 1.807) is 12.3 Å². The van der Waals surface area contributed by atoms with Gasteiger partial charge >= 0.3 is 5.97 Å². The number of furan rings is 1. The third-order valence-corrected chi connectivity index (χ3v) is 2.72. The van der Waals surface area contributed by atoms with E-state index in [1.165, 1.54) is 13.4 Å². The van der Waals surface area contributed by atoms with Crippen LogP contribution in [0.25, 0.3) is 0 Å². The molecule has 0 aliphatic carbocycles. The van der Waals surface area contributed by atoms with Gasteiger partial charge < -0.3 is 14.5 Å². The molecule has 0 saturated carbocycles. The predicted octanol–water partition coefficient (Wildman–Crippen LogP) is 1.44. The van der Waals surface area contributed by atoms with Crippen LogP contribution < -0.4 is 5.32 Å². The van der Waals surface area contributed by atoms with Gasteiger partial charge in [-0.15, -0.1) is 0 Å². The van der Waals surface area contributed by atoms with E-state index in [4.69, 9.17) is 4.42 Å². The summed E-state index contributed by atoms with van der Waals surface area (Å²) in [6.45, 7) is 3.39. The highest BCUT2D eigenvalue weighted by Gasteiger charge is 2.11. The van der Waals surface area contributed by atoms with Crippen molar-refractivity contribution < 1.29 is 13.9 Å². The molecule has 0 saturated heterocycles. The lowest BCUT2D eigenvalue weighted by Gasteiger charge is -2.12. The van der Waals surface area contributed by atoms with Gasteiger partial charge in [-0.05, 0) is 19.1 Å². The van der Waals surface area contributed by atoms with Gasteiger partial charge in [-0.1, -0.05) is 0 Å². The van der Waals surface area contributed by atoms with Crippen LogP contribution in [0.1, 0.15) is 23.0 Å². The minimum atomic E-state index is -0.389. The highest BCUT2D eigenvalue weighted by Crippen LogP contribution is 2.09. The first-order chi connectivity index (χ1) is 9.19. The van der Waals surface area contributed by atoms with Crippen molar-refractivity contribution in [1.82, 2.24) is 15.1 Å². The molecule has 2 aromatic heterocycles. The van der Waals surface area contributed by atoms with Crippen molar-refractivity contribution in [2.75, 3.05) is 7.11 Å². The zero-order valence-electron chi connectivity index (χ0n) is 11.0. The summed E-state index contributed by atoms with van der Waals surface area (Å²) in [5.74, 6) is 0.312. The average molecular weight is 263 g/mol. The van der Waals surface area contributed by atoms with Gasteiger partial charge in [-0.25, -0.2) is 4.79 Å². The molecule has 102 valence electrons. The molecule has 19 heavy (non-hydrogen) atoms. The molecule has 0 bridgehead atoms. The van der Waals surface area contributed by atoms with Crippen LogP contribution in [0, 0.1) is 0 Å². The Hall–Kier alpha value is -2.08. The molecule has 6 heteroatoms. The van der Waals surface area contributed by atoms with Crippen LogP contribution in [0.2, 0.25) is 0 Å². The Morgan fingerprint density at radius 1 is 1.63 bits per heavy atom. The van der Waals surface area contributed by atoms with Crippen LogP contribution in [-0.2, 0) is 17.8 Å². The zero-order valence-corrected chi connectivity index (χ0v) is 11.0. The molecule has 0 aliphatic rings. The van der Waals surface area contributed by atoms with Crippen molar-refractivity contribution in [2.24, 2.45) is 0 Å². The van der Waals surface area contributed by atoms with Gasteiger partial charge in [0.15, 0.2) is 0 Å². The minimum Gasteiger partial charge on any atom is -0.467 e. The normalized spacial score (nSPS) is 12.3. The monoisotopic (exact) mass is 263 g/mol. The maximum Gasteiger partial charge on any atom is 0.341 e. The lowest BCUT2D eigenvalue weighted by Crippen LogP contribution is -2.29. The molecule has 1 atom stereocenters. The van der Waals surface area contributed by atoms with Gasteiger partial charge in [0.2, 0.25) is 0 Å². The second-order valence-corrected chi connectivity index (χ2v) is 4.30. The van der Waals surface area contributed by atoms with Crippen molar-refractivity contribution in [2.45, 2.75) is 26.1 Å². The Bertz CT molecular complexity index is 519.